The van der Waals surface area contributed by atoms with E-state index in [1.54, 1.807) is 0 Å². The van der Waals surface area contributed by atoms with E-state index in [0.717, 1.165) is 37.2 Å². The summed E-state index contributed by atoms with van der Waals surface area (Å²) in [6, 6.07) is 6.59. The van der Waals surface area contributed by atoms with Gasteiger partial charge in [0.15, 0.2) is 0 Å². The number of halogens is 1. The van der Waals surface area contributed by atoms with Crippen LogP contribution in [-0.4, -0.2) is 37.6 Å². The van der Waals surface area contributed by atoms with Crippen LogP contribution in [0.1, 0.15) is 25.5 Å². The molecule has 3 nitrogen and oxygen atoms in total. The molecule has 1 aromatic carbocycles. The van der Waals surface area contributed by atoms with E-state index in [1.165, 1.54) is 11.3 Å². The summed E-state index contributed by atoms with van der Waals surface area (Å²) in [5.74, 6) is 0. The van der Waals surface area contributed by atoms with Crippen molar-refractivity contribution in [2.75, 3.05) is 37.6 Å². The van der Waals surface area contributed by atoms with Crippen molar-refractivity contribution in [1.82, 2.24) is 4.90 Å². The average molecular weight is 312 g/mol. The van der Waals surface area contributed by atoms with Crippen molar-refractivity contribution in [2.45, 2.75) is 19.9 Å². The fraction of sp³-hybridized carbons (Fsp3) is 0.571. The monoisotopic (exact) mass is 311 g/mol. The van der Waals surface area contributed by atoms with Crippen molar-refractivity contribution >= 4 is 21.6 Å². The van der Waals surface area contributed by atoms with Crippen LogP contribution in [0.5, 0.6) is 0 Å². The number of likely N-dealkylation sites (N-methyl/N-ethyl adjacent to an activating group) is 1. The van der Waals surface area contributed by atoms with Crippen LogP contribution in [0.2, 0.25) is 0 Å². The summed E-state index contributed by atoms with van der Waals surface area (Å²) in [5.41, 5.74) is 8.39. The van der Waals surface area contributed by atoms with Crippen LogP contribution in [0, 0.1) is 0 Å². The molecule has 0 saturated carbocycles. The Labute approximate surface area is 118 Å². The molecule has 4 heteroatoms. The lowest BCUT2D eigenvalue weighted by atomic mass is 10.1. The smallest absolute Gasteiger partial charge is 0.0378 e. The normalized spacial score (nSPS) is 19.0. The van der Waals surface area contributed by atoms with Gasteiger partial charge in [-0.3, -0.25) is 0 Å². The number of piperazine rings is 1. The second kappa shape index (κ2) is 6.04. The topological polar surface area (TPSA) is 32.5 Å². The first-order valence-corrected chi connectivity index (χ1v) is 7.43. The molecule has 1 heterocycles. The number of anilines is 1. The standard InChI is InChI=1S/C14H22BrN3/c1-3-17-6-8-18(9-7-17)12-4-5-13(11(2)16)14(15)10-12/h4-5,10-11H,3,6-9,16H2,1-2H3/t11-/m1/s1. The number of hydrogen-bond donors (Lipinski definition) is 1. The van der Waals surface area contributed by atoms with Gasteiger partial charge in [0.05, 0.1) is 0 Å². The maximum Gasteiger partial charge on any atom is 0.0378 e. The Morgan fingerprint density at radius 2 is 1.94 bits per heavy atom. The average Bonchev–Trinajstić information content (AvgIpc) is 2.38. The molecule has 0 aromatic heterocycles. The molecule has 0 bridgehead atoms. The maximum atomic E-state index is 5.93. The molecule has 1 aliphatic rings. The van der Waals surface area contributed by atoms with Crippen LogP contribution >= 0.6 is 15.9 Å². The van der Waals surface area contributed by atoms with Gasteiger partial charge >= 0.3 is 0 Å². The molecular weight excluding hydrogens is 290 g/mol. The number of nitrogens with two attached hydrogens (primary N) is 1. The third-order valence-electron chi connectivity index (χ3n) is 3.66. The minimum Gasteiger partial charge on any atom is -0.369 e. The van der Waals surface area contributed by atoms with E-state index < -0.39 is 0 Å². The lowest BCUT2D eigenvalue weighted by Gasteiger charge is -2.35. The van der Waals surface area contributed by atoms with Crippen LogP contribution in [0.15, 0.2) is 22.7 Å². The van der Waals surface area contributed by atoms with Gasteiger partial charge in [0.1, 0.15) is 0 Å². The number of rotatable bonds is 3. The third kappa shape index (κ3) is 3.05. The van der Waals surface area contributed by atoms with Gasteiger partial charge in [0.2, 0.25) is 0 Å². The van der Waals surface area contributed by atoms with Crippen LogP contribution in [-0.2, 0) is 0 Å². The van der Waals surface area contributed by atoms with Crippen LogP contribution in [0.3, 0.4) is 0 Å². The fourth-order valence-electron chi connectivity index (χ4n) is 2.40. The third-order valence-corrected chi connectivity index (χ3v) is 4.35. The Hall–Kier alpha value is -0.580. The molecule has 0 amide bonds. The van der Waals surface area contributed by atoms with Gasteiger partial charge in [-0.05, 0) is 31.2 Å². The Kier molecular flexibility index (Phi) is 4.65. The molecule has 0 spiro atoms. The minimum absolute atomic E-state index is 0.0744. The molecule has 1 fully saturated rings. The van der Waals surface area contributed by atoms with E-state index in [1.807, 2.05) is 6.92 Å². The lowest BCUT2D eigenvalue weighted by Crippen LogP contribution is -2.46. The summed E-state index contributed by atoms with van der Waals surface area (Å²) in [5, 5.41) is 0. The van der Waals surface area contributed by atoms with Crippen LogP contribution < -0.4 is 10.6 Å². The molecule has 1 aromatic rings. The molecule has 0 radical (unpaired) electrons. The van der Waals surface area contributed by atoms with Crippen LogP contribution in [0.25, 0.3) is 0 Å². The highest BCUT2D eigenvalue weighted by Crippen LogP contribution is 2.27. The highest BCUT2D eigenvalue weighted by molar-refractivity contribution is 9.10. The molecular formula is C14H22BrN3. The summed E-state index contributed by atoms with van der Waals surface area (Å²) in [6.07, 6.45) is 0. The quantitative estimate of drug-likeness (QED) is 0.931. The summed E-state index contributed by atoms with van der Waals surface area (Å²) < 4.78 is 1.12. The first-order valence-electron chi connectivity index (χ1n) is 6.64. The van der Waals surface area contributed by atoms with Gasteiger partial charge in [0, 0.05) is 42.4 Å². The fourth-order valence-corrected chi connectivity index (χ4v) is 3.13. The summed E-state index contributed by atoms with van der Waals surface area (Å²) in [7, 11) is 0. The molecule has 0 unspecified atom stereocenters. The Morgan fingerprint density at radius 3 is 2.44 bits per heavy atom. The Bertz CT molecular complexity index is 398. The van der Waals surface area contributed by atoms with Gasteiger partial charge in [0.25, 0.3) is 0 Å². The van der Waals surface area contributed by atoms with Crippen molar-refractivity contribution in [3.8, 4) is 0 Å². The van der Waals surface area contributed by atoms with Crippen molar-refractivity contribution < 1.29 is 0 Å². The molecule has 1 saturated heterocycles. The molecule has 0 aliphatic carbocycles. The number of benzene rings is 1. The summed E-state index contributed by atoms with van der Waals surface area (Å²) in [4.78, 5) is 4.93. The molecule has 2 rings (SSSR count). The zero-order valence-corrected chi connectivity index (χ0v) is 12.8. The molecule has 1 aliphatic heterocycles. The highest BCUT2D eigenvalue weighted by atomic mass is 79.9. The second-order valence-corrected chi connectivity index (χ2v) is 5.77. The Morgan fingerprint density at radius 1 is 1.28 bits per heavy atom. The second-order valence-electron chi connectivity index (χ2n) is 4.92. The molecule has 100 valence electrons. The summed E-state index contributed by atoms with van der Waals surface area (Å²) in [6.45, 7) is 9.92. The van der Waals surface area contributed by atoms with E-state index in [0.29, 0.717) is 0 Å². The highest BCUT2D eigenvalue weighted by Gasteiger charge is 2.16. The van der Waals surface area contributed by atoms with Crippen molar-refractivity contribution in [1.29, 1.82) is 0 Å². The Balaban J connectivity index is 2.08. The molecule has 18 heavy (non-hydrogen) atoms. The van der Waals surface area contributed by atoms with E-state index in [4.69, 9.17) is 5.73 Å². The molecule has 2 N–H and O–H groups in total. The predicted molar refractivity (Wildman–Crippen MR) is 81.1 cm³/mol. The molecule has 1 atom stereocenters. The SMILES string of the molecule is CCN1CCN(c2ccc([C@@H](C)N)c(Br)c2)CC1. The largest absolute Gasteiger partial charge is 0.369 e. The zero-order valence-electron chi connectivity index (χ0n) is 11.2. The summed E-state index contributed by atoms with van der Waals surface area (Å²) >= 11 is 3.62. The lowest BCUT2D eigenvalue weighted by molar-refractivity contribution is 0.271. The number of nitrogens with zero attached hydrogens (tertiary/aromatic N) is 2. The van der Waals surface area contributed by atoms with Crippen molar-refractivity contribution in [2.24, 2.45) is 5.73 Å². The van der Waals surface area contributed by atoms with E-state index >= 15 is 0 Å². The van der Waals surface area contributed by atoms with Gasteiger partial charge in [-0.1, -0.05) is 28.9 Å². The van der Waals surface area contributed by atoms with E-state index in [2.05, 4.69) is 50.9 Å². The maximum absolute atomic E-state index is 5.93. The predicted octanol–water partition coefficient (Wildman–Crippen LogP) is 2.61. The minimum atomic E-state index is 0.0744. The number of hydrogen-bond acceptors (Lipinski definition) is 3. The van der Waals surface area contributed by atoms with Crippen molar-refractivity contribution in [3.63, 3.8) is 0 Å². The van der Waals surface area contributed by atoms with Gasteiger partial charge in [-0.15, -0.1) is 0 Å². The van der Waals surface area contributed by atoms with Gasteiger partial charge < -0.3 is 15.5 Å². The van der Waals surface area contributed by atoms with Gasteiger partial charge in [-0.2, -0.15) is 0 Å². The van der Waals surface area contributed by atoms with Gasteiger partial charge in [-0.25, -0.2) is 0 Å². The first-order chi connectivity index (χ1) is 8.61. The zero-order chi connectivity index (χ0) is 13.1. The van der Waals surface area contributed by atoms with E-state index in [9.17, 15) is 0 Å². The first kappa shape index (κ1) is 13.8. The van der Waals surface area contributed by atoms with Crippen LogP contribution in [0.4, 0.5) is 5.69 Å². The van der Waals surface area contributed by atoms with E-state index in [-0.39, 0.29) is 6.04 Å². The van der Waals surface area contributed by atoms with Crippen molar-refractivity contribution in [3.05, 3.63) is 28.2 Å².